The van der Waals surface area contributed by atoms with Gasteiger partial charge >= 0.3 is 5.97 Å². The molecule has 0 N–H and O–H groups in total. The number of thiazole rings is 1. The molecule has 0 bridgehead atoms. The first-order valence-electron chi connectivity index (χ1n) is 9.10. The molecule has 0 saturated heterocycles. The predicted molar refractivity (Wildman–Crippen MR) is 104 cm³/mol. The van der Waals surface area contributed by atoms with E-state index in [1.165, 1.54) is 18.1 Å². The van der Waals surface area contributed by atoms with E-state index < -0.39 is 5.97 Å². The van der Waals surface area contributed by atoms with Gasteiger partial charge in [-0.15, -0.1) is 11.3 Å². The molecule has 0 unspecified atom stereocenters. The van der Waals surface area contributed by atoms with E-state index in [9.17, 15) is 9.59 Å². The van der Waals surface area contributed by atoms with Crippen molar-refractivity contribution in [1.82, 2.24) is 9.38 Å². The van der Waals surface area contributed by atoms with Crippen LogP contribution in [0.2, 0.25) is 0 Å². The Morgan fingerprint density at radius 3 is 2.82 bits per heavy atom. The first-order valence-corrected chi connectivity index (χ1v) is 9.92. The van der Waals surface area contributed by atoms with Crippen molar-refractivity contribution < 1.29 is 19.0 Å². The van der Waals surface area contributed by atoms with Gasteiger partial charge in [0.2, 0.25) is 0 Å². The molecule has 8 heteroatoms. The molecule has 1 aliphatic carbocycles. The van der Waals surface area contributed by atoms with Crippen molar-refractivity contribution in [2.24, 2.45) is 0 Å². The molecule has 0 atom stereocenters. The zero-order chi connectivity index (χ0) is 19.5. The van der Waals surface area contributed by atoms with E-state index in [1.54, 1.807) is 33.9 Å². The number of para-hydroxylation sites is 2. The summed E-state index contributed by atoms with van der Waals surface area (Å²) >= 11 is 1.55. The molecular weight excluding hydrogens is 380 g/mol. The quantitative estimate of drug-likeness (QED) is 0.592. The van der Waals surface area contributed by atoms with Gasteiger partial charge in [-0.3, -0.25) is 9.20 Å². The number of methoxy groups -OCH3 is 1. The Hall–Kier alpha value is -2.87. The van der Waals surface area contributed by atoms with Crippen LogP contribution in [-0.2, 0) is 29.0 Å². The van der Waals surface area contributed by atoms with E-state index in [0.717, 1.165) is 31.4 Å². The summed E-state index contributed by atoms with van der Waals surface area (Å²) in [5.41, 5.74) is 1.40. The highest BCUT2D eigenvalue weighted by Crippen LogP contribution is 2.28. The topological polar surface area (TPSA) is 79.1 Å². The molecule has 2 heterocycles. The van der Waals surface area contributed by atoms with Gasteiger partial charge in [0.15, 0.2) is 23.1 Å². The van der Waals surface area contributed by atoms with Gasteiger partial charge in [0.1, 0.15) is 6.61 Å². The van der Waals surface area contributed by atoms with Gasteiger partial charge in [-0.2, -0.15) is 0 Å². The average Bonchev–Trinajstić information content (AvgIpc) is 3.09. The largest absolute Gasteiger partial charge is 0.493 e. The fraction of sp³-hybridized carbons (Fsp3) is 0.350. The van der Waals surface area contributed by atoms with Gasteiger partial charge < -0.3 is 14.2 Å². The molecule has 1 aromatic carbocycles. The van der Waals surface area contributed by atoms with Crippen molar-refractivity contribution >= 4 is 22.3 Å². The molecule has 0 aliphatic heterocycles. The first-order chi connectivity index (χ1) is 13.7. The summed E-state index contributed by atoms with van der Waals surface area (Å²) in [5.74, 6) is 0.458. The van der Waals surface area contributed by atoms with Gasteiger partial charge in [0.05, 0.1) is 12.8 Å². The fourth-order valence-corrected chi connectivity index (χ4v) is 4.52. The normalized spacial score (nSPS) is 13.2. The second-order valence-corrected chi connectivity index (χ2v) is 7.55. The summed E-state index contributed by atoms with van der Waals surface area (Å²) in [6, 6.07) is 8.49. The third-order valence-corrected chi connectivity index (χ3v) is 5.75. The van der Waals surface area contributed by atoms with Gasteiger partial charge in [-0.05, 0) is 37.8 Å². The molecule has 3 aromatic rings. The van der Waals surface area contributed by atoms with Crippen LogP contribution in [0.1, 0.15) is 29.1 Å². The first kappa shape index (κ1) is 18.5. The van der Waals surface area contributed by atoms with Crippen LogP contribution in [0.3, 0.4) is 0 Å². The van der Waals surface area contributed by atoms with Gasteiger partial charge in [-0.1, -0.05) is 12.1 Å². The second kappa shape index (κ2) is 8.02. The summed E-state index contributed by atoms with van der Waals surface area (Å²) in [4.78, 5) is 30.9. The second-order valence-electron chi connectivity index (χ2n) is 6.48. The lowest BCUT2D eigenvalue weighted by Gasteiger charge is -2.10. The van der Waals surface area contributed by atoms with Crippen LogP contribution in [-0.4, -0.2) is 29.1 Å². The summed E-state index contributed by atoms with van der Waals surface area (Å²) in [6.07, 6.45) is 4.14. The Labute approximate surface area is 165 Å². The van der Waals surface area contributed by atoms with Crippen LogP contribution in [0, 0.1) is 0 Å². The number of hydrogen-bond donors (Lipinski definition) is 0. The lowest BCUT2D eigenvalue weighted by atomic mass is 10.0. The van der Waals surface area contributed by atoms with Crippen molar-refractivity contribution in [3.8, 4) is 11.5 Å². The number of carbonyl (C=O) groups is 1. The number of benzene rings is 1. The molecule has 0 radical (unpaired) electrons. The Morgan fingerprint density at radius 2 is 2.00 bits per heavy atom. The minimum absolute atomic E-state index is 0.0670. The van der Waals surface area contributed by atoms with Crippen LogP contribution in [0.25, 0.3) is 4.96 Å². The maximum absolute atomic E-state index is 12.5. The number of ether oxygens (including phenoxy) is 3. The number of aryl methyl sites for hydroxylation is 2. The van der Waals surface area contributed by atoms with Crippen LogP contribution < -0.4 is 15.0 Å². The number of carbonyl (C=O) groups excluding carboxylic acids is 1. The highest BCUT2D eigenvalue weighted by atomic mass is 32.1. The minimum Gasteiger partial charge on any atom is -0.493 e. The van der Waals surface area contributed by atoms with E-state index in [2.05, 4.69) is 4.98 Å². The van der Waals surface area contributed by atoms with Gasteiger partial charge in [-0.25, -0.2) is 9.78 Å². The third-order valence-electron chi connectivity index (χ3n) is 4.61. The molecular formula is C20H20N2O5S. The third kappa shape index (κ3) is 3.73. The molecule has 0 fully saturated rings. The number of esters is 1. The number of fused-ring (bicyclic) bond motifs is 3. The van der Waals surface area contributed by atoms with Crippen molar-refractivity contribution in [3.63, 3.8) is 0 Å². The standard InChI is InChI=1S/C20H20N2O5S/c1-25-15-7-3-4-8-16(15)26-12-19(24)27-11-13-10-18(23)22-14-6-2-5-9-17(14)28-20(22)21-13/h3-4,7-8,10H,2,5-6,9,11-12H2,1H3. The highest BCUT2D eigenvalue weighted by molar-refractivity contribution is 7.17. The van der Waals surface area contributed by atoms with Crippen molar-refractivity contribution in [2.75, 3.05) is 13.7 Å². The summed E-state index contributed by atoms with van der Waals surface area (Å²) in [7, 11) is 1.53. The Morgan fingerprint density at radius 1 is 1.21 bits per heavy atom. The molecule has 0 spiro atoms. The van der Waals surface area contributed by atoms with Crippen molar-refractivity contribution in [2.45, 2.75) is 32.3 Å². The molecule has 0 saturated carbocycles. The van der Waals surface area contributed by atoms with Crippen molar-refractivity contribution in [3.05, 3.63) is 57.0 Å². The fourth-order valence-electron chi connectivity index (χ4n) is 3.29. The molecule has 146 valence electrons. The lowest BCUT2D eigenvalue weighted by Crippen LogP contribution is -2.19. The maximum Gasteiger partial charge on any atom is 0.344 e. The average molecular weight is 400 g/mol. The van der Waals surface area contributed by atoms with E-state index in [4.69, 9.17) is 14.2 Å². The van der Waals surface area contributed by atoms with Crippen LogP contribution in [0.15, 0.2) is 35.1 Å². The lowest BCUT2D eigenvalue weighted by molar-refractivity contribution is -0.147. The number of rotatable bonds is 6. The number of aromatic nitrogens is 2. The van der Waals surface area contributed by atoms with Gasteiger partial charge in [0.25, 0.3) is 5.56 Å². The predicted octanol–water partition coefficient (Wildman–Crippen LogP) is 2.77. The summed E-state index contributed by atoms with van der Waals surface area (Å²) in [6.45, 7) is -0.322. The maximum atomic E-state index is 12.5. The monoisotopic (exact) mass is 400 g/mol. The zero-order valence-corrected chi connectivity index (χ0v) is 16.3. The summed E-state index contributed by atoms with van der Waals surface area (Å²) in [5, 5.41) is 0. The summed E-state index contributed by atoms with van der Waals surface area (Å²) < 4.78 is 17.5. The molecule has 0 amide bonds. The molecule has 28 heavy (non-hydrogen) atoms. The van der Waals surface area contributed by atoms with Gasteiger partial charge in [0, 0.05) is 16.6 Å². The minimum atomic E-state index is -0.543. The van der Waals surface area contributed by atoms with Crippen molar-refractivity contribution in [1.29, 1.82) is 0 Å². The van der Waals surface area contributed by atoms with E-state index in [0.29, 0.717) is 22.2 Å². The van der Waals surface area contributed by atoms with E-state index >= 15 is 0 Å². The van der Waals surface area contributed by atoms with E-state index in [1.807, 2.05) is 6.07 Å². The number of nitrogens with zero attached hydrogens (tertiary/aromatic N) is 2. The molecule has 4 rings (SSSR count). The SMILES string of the molecule is COc1ccccc1OCC(=O)OCc1cc(=O)n2c3c(sc2n1)CCCC3. The van der Waals surface area contributed by atoms with Crippen LogP contribution in [0.5, 0.6) is 11.5 Å². The Balaban J connectivity index is 1.41. The van der Waals surface area contributed by atoms with E-state index in [-0.39, 0.29) is 18.8 Å². The van der Waals surface area contributed by atoms with Crippen LogP contribution >= 0.6 is 11.3 Å². The zero-order valence-electron chi connectivity index (χ0n) is 15.5. The molecule has 7 nitrogen and oxygen atoms in total. The Bertz CT molecular complexity index is 1070. The smallest absolute Gasteiger partial charge is 0.344 e. The molecule has 2 aromatic heterocycles. The molecule has 1 aliphatic rings. The number of hydrogen-bond acceptors (Lipinski definition) is 7. The highest BCUT2D eigenvalue weighted by Gasteiger charge is 2.18. The Kier molecular flexibility index (Phi) is 5.29. The van der Waals surface area contributed by atoms with Crippen LogP contribution in [0.4, 0.5) is 0 Å².